The Morgan fingerprint density at radius 3 is 2.85 bits per heavy atom. The molecule has 0 amide bonds. The first-order valence-corrected chi connectivity index (χ1v) is 7.95. The minimum atomic E-state index is 0.290. The molecule has 0 fully saturated rings. The molecule has 0 aliphatic rings. The van der Waals surface area contributed by atoms with Crippen LogP contribution in [0.25, 0.3) is 0 Å². The van der Waals surface area contributed by atoms with Crippen LogP contribution in [-0.4, -0.2) is 18.6 Å². The molecule has 0 spiro atoms. The summed E-state index contributed by atoms with van der Waals surface area (Å²) in [5.41, 5.74) is 1.22. The van der Waals surface area contributed by atoms with Crippen molar-refractivity contribution in [3.05, 3.63) is 45.2 Å². The van der Waals surface area contributed by atoms with Crippen LogP contribution in [0.2, 0.25) is 4.34 Å². The van der Waals surface area contributed by atoms with Crippen LogP contribution in [0.15, 0.2) is 30.5 Å². The number of pyridine rings is 1. The summed E-state index contributed by atoms with van der Waals surface area (Å²) in [4.78, 5) is 7.96. The summed E-state index contributed by atoms with van der Waals surface area (Å²) in [6.07, 6.45) is 1.84. The van der Waals surface area contributed by atoms with Crippen LogP contribution in [0, 0.1) is 0 Å². The Kier molecular flexibility index (Phi) is 5.40. The van der Waals surface area contributed by atoms with Gasteiger partial charge in [-0.1, -0.05) is 24.6 Å². The lowest BCUT2D eigenvalue weighted by Crippen LogP contribution is -2.24. The zero-order valence-corrected chi connectivity index (χ0v) is 13.6. The van der Waals surface area contributed by atoms with Gasteiger partial charge in [0.25, 0.3) is 0 Å². The summed E-state index contributed by atoms with van der Waals surface area (Å²) in [6.45, 7) is 6.05. The molecular weight excluding hydrogens is 290 g/mol. The summed E-state index contributed by atoms with van der Waals surface area (Å²) in [5.74, 6) is 1.02. The monoisotopic (exact) mass is 309 g/mol. The van der Waals surface area contributed by atoms with Crippen molar-refractivity contribution in [2.45, 2.75) is 26.4 Å². The van der Waals surface area contributed by atoms with E-state index in [4.69, 9.17) is 11.6 Å². The average molecular weight is 310 g/mol. The van der Waals surface area contributed by atoms with E-state index >= 15 is 0 Å². The number of nitrogens with one attached hydrogen (secondary N) is 1. The number of thiophene rings is 1. The molecule has 0 aromatic carbocycles. The Morgan fingerprint density at radius 1 is 1.40 bits per heavy atom. The van der Waals surface area contributed by atoms with Crippen LogP contribution in [0.4, 0.5) is 5.82 Å². The zero-order chi connectivity index (χ0) is 14.5. The molecule has 108 valence electrons. The SMILES string of the molecule is CCNC(C)c1cccnc1N(C)Cc1ccc(Cl)s1. The highest BCUT2D eigenvalue weighted by molar-refractivity contribution is 7.16. The van der Waals surface area contributed by atoms with Crippen molar-refractivity contribution in [1.82, 2.24) is 10.3 Å². The maximum absolute atomic E-state index is 5.99. The molecule has 1 atom stereocenters. The van der Waals surface area contributed by atoms with Gasteiger partial charge in [0.2, 0.25) is 0 Å². The van der Waals surface area contributed by atoms with E-state index in [1.165, 1.54) is 10.4 Å². The van der Waals surface area contributed by atoms with Gasteiger partial charge < -0.3 is 10.2 Å². The smallest absolute Gasteiger partial charge is 0.133 e. The second-order valence-electron chi connectivity index (χ2n) is 4.76. The molecule has 0 saturated carbocycles. The summed E-state index contributed by atoms with van der Waals surface area (Å²) >= 11 is 7.60. The van der Waals surface area contributed by atoms with E-state index in [9.17, 15) is 0 Å². The first-order valence-electron chi connectivity index (χ1n) is 6.75. The number of halogens is 1. The third kappa shape index (κ3) is 3.72. The minimum absolute atomic E-state index is 0.290. The van der Waals surface area contributed by atoms with E-state index < -0.39 is 0 Å². The van der Waals surface area contributed by atoms with Crippen molar-refractivity contribution in [3.63, 3.8) is 0 Å². The lowest BCUT2D eigenvalue weighted by Gasteiger charge is -2.23. The summed E-state index contributed by atoms with van der Waals surface area (Å²) < 4.78 is 0.829. The molecule has 5 heteroatoms. The third-order valence-electron chi connectivity index (χ3n) is 3.18. The molecule has 20 heavy (non-hydrogen) atoms. The molecule has 2 rings (SSSR count). The zero-order valence-electron chi connectivity index (χ0n) is 12.1. The molecule has 0 aliphatic heterocycles. The number of hydrogen-bond acceptors (Lipinski definition) is 4. The van der Waals surface area contributed by atoms with Crippen LogP contribution in [0.5, 0.6) is 0 Å². The van der Waals surface area contributed by atoms with Gasteiger partial charge >= 0.3 is 0 Å². The molecule has 0 saturated heterocycles. The van der Waals surface area contributed by atoms with Crippen LogP contribution in [-0.2, 0) is 6.54 Å². The van der Waals surface area contributed by atoms with Crippen molar-refractivity contribution < 1.29 is 0 Å². The Balaban J connectivity index is 2.18. The van der Waals surface area contributed by atoms with E-state index in [1.54, 1.807) is 11.3 Å². The van der Waals surface area contributed by atoms with Gasteiger partial charge in [0.1, 0.15) is 5.82 Å². The van der Waals surface area contributed by atoms with Crippen molar-refractivity contribution in [2.24, 2.45) is 0 Å². The minimum Gasteiger partial charge on any atom is -0.354 e. The highest BCUT2D eigenvalue weighted by Gasteiger charge is 2.14. The van der Waals surface area contributed by atoms with Crippen LogP contribution >= 0.6 is 22.9 Å². The van der Waals surface area contributed by atoms with E-state index in [-0.39, 0.29) is 6.04 Å². The van der Waals surface area contributed by atoms with Gasteiger partial charge in [-0.2, -0.15) is 0 Å². The molecule has 2 aromatic rings. The first-order chi connectivity index (χ1) is 9.61. The van der Waals surface area contributed by atoms with Crippen molar-refractivity contribution in [1.29, 1.82) is 0 Å². The van der Waals surface area contributed by atoms with E-state index in [1.807, 2.05) is 18.3 Å². The lowest BCUT2D eigenvalue weighted by atomic mass is 10.1. The summed E-state index contributed by atoms with van der Waals surface area (Å²) in [6, 6.07) is 8.42. The van der Waals surface area contributed by atoms with Crippen LogP contribution < -0.4 is 10.2 Å². The Hall–Kier alpha value is -1.10. The van der Waals surface area contributed by atoms with Crippen molar-refractivity contribution >= 4 is 28.8 Å². The van der Waals surface area contributed by atoms with E-state index in [0.29, 0.717) is 0 Å². The third-order valence-corrected chi connectivity index (χ3v) is 4.39. The fraction of sp³-hybridized carbons (Fsp3) is 0.400. The Bertz CT molecular complexity index is 556. The van der Waals surface area contributed by atoms with Gasteiger partial charge in [0.05, 0.1) is 10.9 Å². The largest absolute Gasteiger partial charge is 0.354 e. The van der Waals surface area contributed by atoms with Gasteiger partial charge in [0.15, 0.2) is 0 Å². The Morgan fingerprint density at radius 2 is 2.20 bits per heavy atom. The average Bonchev–Trinajstić information content (AvgIpc) is 2.84. The molecule has 1 N–H and O–H groups in total. The quantitative estimate of drug-likeness (QED) is 0.870. The van der Waals surface area contributed by atoms with Gasteiger partial charge in [0, 0.05) is 29.7 Å². The van der Waals surface area contributed by atoms with Gasteiger partial charge in [-0.15, -0.1) is 11.3 Å². The molecule has 2 aromatic heterocycles. The van der Waals surface area contributed by atoms with Crippen molar-refractivity contribution in [3.8, 4) is 0 Å². The molecule has 1 unspecified atom stereocenters. The van der Waals surface area contributed by atoms with Gasteiger partial charge in [-0.05, 0) is 31.7 Å². The summed E-state index contributed by atoms with van der Waals surface area (Å²) in [5, 5.41) is 3.44. The maximum atomic E-state index is 5.99. The molecular formula is C15H20ClN3S. The fourth-order valence-electron chi connectivity index (χ4n) is 2.23. The number of hydrogen-bond donors (Lipinski definition) is 1. The highest BCUT2D eigenvalue weighted by atomic mass is 35.5. The standard InChI is InChI=1S/C15H20ClN3S/c1-4-17-11(2)13-6-5-9-18-15(13)19(3)10-12-7-8-14(16)20-12/h5-9,11,17H,4,10H2,1-3H3. The summed E-state index contributed by atoms with van der Waals surface area (Å²) in [7, 11) is 2.07. The number of nitrogens with zero attached hydrogens (tertiary/aromatic N) is 2. The molecule has 0 radical (unpaired) electrons. The van der Waals surface area contributed by atoms with Crippen molar-refractivity contribution in [2.75, 3.05) is 18.5 Å². The number of anilines is 1. The lowest BCUT2D eigenvalue weighted by molar-refractivity contribution is 0.594. The second kappa shape index (κ2) is 7.07. The van der Waals surface area contributed by atoms with Crippen LogP contribution in [0.3, 0.4) is 0 Å². The molecule has 2 heterocycles. The predicted octanol–water partition coefficient (Wildman–Crippen LogP) is 4.10. The molecule has 3 nitrogen and oxygen atoms in total. The topological polar surface area (TPSA) is 28.2 Å². The van der Waals surface area contributed by atoms with E-state index in [0.717, 1.165) is 23.2 Å². The maximum Gasteiger partial charge on any atom is 0.133 e. The van der Waals surface area contributed by atoms with E-state index in [2.05, 4.69) is 48.2 Å². The second-order valence-corrected chi connectivity index (χ2v) is 6.56. The molecule has 0 bridgehead atoms. The number of rotatable bonds is 6. The van der Waals surface area contributed by atoms with Gasteiger partial charge in [-0.3, -0.25) is 0 Å². The molecule has 0 aliphatic carbocycles. The fourth-order valence-corrected chi connectivity index (χ4v) is 3.37. The highest BCUT2D eigenvalue weighted by Crippen LogP contribution is 2.27. The predicted molar refractivity (Wildman–Crippen MR) is 87.8 cm³/mol. The number of aromatic nitrogens is 1. The van der Waals surface area contributed by atoms with Crippen LogP contribution in [0.1, 0.15) is 30.3 Å². The van der Waals surface area contributed by atoms with Gasteiger partial charge in [-0.25, -0.2) is 4.98 Å². The normalized spacial score (nSPS) is 12.4. The Labute approximate surface area is 129 Å². The first kappa shape index (κ1) is 15.3.